The van der Waals surface area contributed by atoms with Crippen LogP contribution in [0, 0.1) is 0 Å². The Balaban J connectivity index is 1.86. The first-order chi connectivity index (χ1) is 12.5. The molecule has 0 saturated heterocycles. The van der Waals surface area contributed by atoms with Gasteiger partial charge in [-0.1, -0.05) is 42.5 Å². The molecule has 2 amide bonds. The highest BCUT2D eigenvalue weighted by atomic mass is 32.2. The van der Waals surface area contributed by atoms with Crippen LogP contribution in [-0.4, -0.2) is 36.1 Å². The summed E-state index contributed by atoms with van der Waals surface area (Å²) in [5.74, 6) is -0.409. The highest BCUT2D eigenvalue weighted by molar-refractivity contribution is 7.98. The number of nitrogens with zero attached hydrogens (tertiary/aromatic N) is 1. The second-order valence-corrected chi connectivity index (χ2v) is 6.90. The Bertz CT molecular complexity index is 757. The molecule has 2 aromatic rings. The highest BCUT2D eigenvalue weighted by Gasteiger charge is 2.18. The lowest BCUT2D eigenvalue weighted by Gasteiger charge is -2.22. The van der Waals surface area contributed by atoms with E-state index in [9.17, 15) is 9.59 Å². The third-order valence-corrected chi connectivity index (χ3v) is 4.65. The number of rotatable bonds is 7. The van der Waals surface area contributed by atoms with Crippen LogP contribution in [0.1, 0.15) is 18.1 Å². The summed E-state index contributed by atoms with van der Waals surface area (Å²) in [7, 11) is 1.74. The van der Waals surface area contributed by atoms with Crippen molar-refractivity contribution in [1.29, 1.82) is 0 Å². The predicted molar refractivity (Wildman–Crippen MR) is 108 cm³/mol. The largest absolute Gasteiger partial charge is 0.341 e. The van der Waals surface area contributed by atoms with Crippen molar-refractivity contribution in [2.24, 2.45) is 0 Å². The average Bonchev–Trinajstić information content (AvgIpc) is 2.67. The van der Waals surface area contributed by atoms with Gasteiger partial charge in [-0.05, 0) is 42.5 Å². The van der Waals surface area contributed by atoms with E-state index in [0.717, 1.165) is 11.1 Å². The molecule has 0 aliphatic carbocycles. The summed E-state index contributed by atoms with van der Waals surface area (Å²) >= 11 is 1.68. The van der Waals surface area contributed by atoms with Crippen LogP contribution in [0.3, 0.4) is 0 Å². The van der Waals surface area contributed by atoms with Crippen molar-refractivity contribution >= 4 is 29.7 Å². The Morgan fingerprint density at radius 1 is 1.12 bits per heavy atom. The molecule has 1 unspecified atom stereocenters. The van der Waals surface area contributed by atoms with Crippen molar-refractivity contribution < 1.29 is 9.59 Å². The quantitative estimate of drug-likeness (QED) is 0.600. The van der Waals surface area contributed by atoms with Gasteiger partial charge in [0, 0.05) is 24.6 Å². The van der Waals surface area contributed by atoms with Crippen molar-refractivity contribution in [2.45, 2.75) is 24.4 Å². The van der Waals surface area contributed by atoms with E-state index >= 15 is 0 Å². The summed E-state index contributed by atoms with van der Waals surface area (Å²) < 4.78 is 0. The molecule has 1 N–H and O–H groups in total. The molecule has 0 aliphatic heterocycles. The Hall–Kier alpha value is -2.53. The molecule has 4 nitrogen and oxygen atoms in total. The summed E-state index contributed by atoms with van der Waals surface area (Å²) in [6.07, 6.45) is 5.20. The zero-order valence-electron chi connectivity index (χ0n) is 15.3. The molecule has 0 spiro atoms. The first kappa shape index (κ1) is 19.8. The van der Waals surface area contributed by atoms with E-state index in [-0.39, 0.29) is 11.8 Å². The molecule has 136 valence electrons. The predicted octanol–water partition coefficient (Wildman–Crippen LogP) is 3.59. The van der Waals surface area contributed by atoms with Gasteiger partial charge in [-0.25, -0.2) is 0 Å². The van der Waals surface area contributed by atoms with E-state index in [2.05, 4.69) is 5.32 Å². The molecule has 0 aliphatic rings. The van der Waals surface area contributed by atoms with E-state index in [4.69, 9.17) is 0 Å². The van der Waals surface area contributed by atoms with Crippen molar-refractivity contribution in [3.63, 3.8) is 0 Å². The number of carbonyl (C=O) groups is 2. The van der Waals surface area contributed by atoms with Crippen LogP contribution in [0.25, 0.3) is 6.08 Å². The fraction of sp³-hybridized carbons (Fsp3) is 0.238. The molecule has 0 heterocycles. The van der Waals surface area contributed by atoms with Crippen molar-refractivity contribution in [2.75, 3.05) is 13.3 Å². The van der Waals surface area contributed by atoms with Gasteiger partial charge in [0.2, 0.25) is 11.8 Å². The van der Waals surface area contributed by atoms with Crippen LogP contribution in [0.5, 0.6) is 0 Å². The number of benzene rings is 2. The van der Waals surface area contributed by atoms with Crippen LogP contribution in [0.4, 0.5) is 0 Å². The molecule has 2 rings (SSSR count). The molecule has 2 aromatic carbocycles. The van der Waals surface area contributed by atoms with Gasteiger partial charge in [0.25, 0.3) is 0 Å². The van der Waals surface area contributed by atoms with Gasteiger partial charge in [-0.2, -0.15) is 0 Å². The summed E-state index contributed by atoms with van der Waals surface area (Å²) in [5.41, 5.74) is 1.99. The van der Waals surface area contributed by atoms with Crippen LogP contribution in [0.2, 0.25) is 0 Å². The summed E-state index contributed by atoms with van der Waals surface area (Å²) in [4.78, 5) is 27.3. The SMILES string of the molecule is CSc1ccc(CN(C)C(=O)C(C)NC(=O)/C=C/c2ccccc2)cc1. The Labute approximate surface area is 159 Å². The van der Waals surface area contributed by atoms with Gasteiger partial charge in [0.05, 0.1) is 0 Å². The number of amides is 2. The normalized spacial score (nSPS) is 12.0. The third kappa shape index (κ3) is 6.08. The van der Waals surface area contributed by atoms with Crippen molar-refractivity contribution in [3.05, 3.63) is 71.8 Å². The van der Waals surface area contributed by atoms with Gasteiger partial charge in [-0.15, -0.1) is 11.8 Å². The molecule has 5 heteroatoms. The monoisotopic (exact) mass is 368 g/mol. The Morgan fingerprint density at radius 2 is 1.77 bits per heavy atom. The second kappa shape index (κ2) is 9.82. The van der Waals surface area contributed by atoms with Crippen molar-refractivity contribution in [3.8, 4) is 0 Å². The molecule has 0 saturated carbocycles. The molecule has 1 atom stereocenters. The first-order valence-corrected chi connectivity index (χ1v) is 9.63. The standard InChI is InChI=1S/C21H24N2O2S/c1-16(22-20(24)14-11-17-7-5-4-6-8-17)21(25)23(2)15-18-9-12-19(26-3)13-10-18/h4-14,16H,15H2,1-3H3,(H,22,24)/b14-11+. The maximum Gasteiger partial charge on any atom is 0.244 e. The van der Waals surface area contributed by atoms with Gasteiger partial charge >= 0.3 is 0 Å². The lowest BCUT2D eigenvalue weighted by atomic mass is 10.2. The minimum Gasteiger partial charge on any atom is -0.341 e. The molecule has 26 heavy (non-hydrogen) atoms. The molecular weight excluding hydrogens is 344 g/mol. The molecular formula is C21H24N2O2S. The fourth-order valence-electron chi connectivity index (χ4n) is 2.47. The molecule has 0 fully saturated rings. The zero-order chi connectivity index (χ0) is 18.9. The lowest BCUT2D eigenvalue weighted by molar-refractivity contribution is -0.134. The van der Waals surface area contributed by atoms with Crippen LogP contribution < -0.4 is 5.32 Å². The minimum absolute atomic E-state index is 0.125. The van der Waals surface area contributed by atoms with E-state index in [1.165, 1.54) is 11.0 Å². The first-order valence-electron chi connectivity index (χ1n) is 8.41. The van der Waals surface area contributed by atoms with Gasteiger partial charge in [0.15, 0.2) is 0 Å². The lowest BCUT2D eigenvalue weighted by Crippen LogP contribution is -2.44. The number of hydrogen-bond acceptors (Lipinski definition) is 3. The third-order valence-electron chi connectivity index (χ3n) is 3.91. The zero-order valence-corrected chi connectivity index (χ0v) is 16.1. The van der Waals surface area contributed by atoms with Crippen molar-refractivity contribution in [1.82, 2.24) is 10.2 Å². The van der Waals surface area contributed by atoms with Crippen LogP contribution in [0.15, 0.2) is 65.6 Å². The van der Waals surface area contributed by atoms with E-state index in [1.807, 2.05) is 60.9 Å². The van der Waals surface area contributed by atoms with E-state index in [1.54, 1.807) is 36.7 Å². The smallest absolute Gasteiger partial charge is 0.244 e. The summed E-state index contributed by atoms with van der Waals surface area (Å²) in [6, 6.07) is 17.1. The van der Waals surface area contributed by atoms with E-state index in [0.29, 0.717) is 6.54 Å². The van der Waals surface area contributed by atoms with Gasteiger partial charge in [-0.3, -0.25) is 9.59 Å². The van der Waals surface area contributed by atoms with Gasteiger partial charge in [0.1, 0.15) is 6.04 Å². The average molecular weight is 369 g/mol. The van der Waals surface area contributed by atoms with Gasteiger partial charge < -0.3 is 10.2 Å². The molecule has 0 radical (unpaired) electrons. The number of thioether (sulfide) groups is 1. The van der Waals surface area contributed by atoms with Crippen LogP contribution in [-0.2, 0) is 16.1 Å². The maximum atomic E-state index is 12.5. The van der Waals surface area contributed by atoms with E-state index < -0.39 is 6.04 Å². The fourth-order valence-corrected chi connectivity index (χ4v) is 2.88. The second-order valence-electron chi connectivity index (χ2n) is 6.02. The minimum atomic E-state index is -0.585. The topological polar surface area (TPSA) is 49.4 Å². The highest BCUT2D eigenvalue weighted by Crippen LogP contribution is 2.15. The molecule has 0 bridgehead atoms. The number of nitrogens with one attached hydrogen (secondary N) is 1. The summed E-state index contributed by atoms with van der Waals surface area (Å²) in [6.45, 7) is 2.21. The number of hydrogen-bond donors (Lipinski definition) is 1. The molecule has 0 aromatic heterocycles. The Morgan fingerprint density at radius 3 is 2.38 bits per heavy atom. The maximum absolute atomic E-state index is 12.5. The number of likely N-dealkylation sites (N-methyl/N-ethyl adjacent to an activating group) is 1. The Kier molecular flexibility index (Phi) is 7.48. The van der Waals surface area contributed by atoms with Crippen LogP contribution >= 0.6 is 11.8 Å². The summed E-state index contributed by atoms with van der Waals surface area (Å²) in [5, 5.41) is 2.71. The number of carbonyl (C=O) groups excluding carboxylic acids is 2.